The van der Waals surface area contributed by atoms with Gasteiger partial charge in [-0.25, -0.2) is 0 Å². The molecular formula is C12H13NOS. The lowest BCUT2D eigenvalue weighted by molar-refractivity contribution is 0.224. The second-order valence-corrected chi connectivity index (χ2v) is 4.52. The number of hydrogen-bond donors (Lipinski definition) is 1. The van der Waals surface area contributed by atoms with Crippen molar-refractivity contribution in [1.29, 1.82) is 0 Å². The lowest BCUT2D eigenvalue weighted by atomic mass is 10.1. The van der Waals surface area contributed by atoms with E-state index in [9.17, 15) is 5.11 Å². The summed E-state index contributed by atoms with van der Waals surface area (Å²) in [6, 6.07) is 9.85. The molecule has 78 valence electrons. The SMILES string of the molecule is Cc1cccc(C(O)c2cc(C)ns2)c1. The fraction of sp³-hybridized carbons (Fsp3) is 0.250. The van der Waals surface area contributed by atoms with E-state index in [2.05, 4.69) is 4.37 Å². The third-order valence-electron chi connectivity index (χ3n) is 2.27. The normalized spacial score (nSPS) is 12.7. The highest BCUT2D eigenvalue weighted by Crippen LogP contribution is 2.25. The van der Waals surface area contributed by atoms with Crippen LogP contribution in [0.4, 0.5) is 0 Å². The smallest absolute Gasteiger partial charge is 0.115 e. The van der Waals surface area contributed by atoms with E-state index in [-0.39, 0.29) is 0 Å². The van der Waals surface area contributed by atoms with Crippen molar-refractivity contribution < 1.29 is 5.11 Å². The van der Waals surface area contributed by atoms with E-state index in [0.29, 0.717) is 0 Å². The minimum Gasteiger partial charge on any atom is -0.383 e. The second kappa shape index (κ2) is 4.13. The van der Waals surface area contributed by atoms with Crippen LogP contribution in [-0.2, 0) is 0 Å². The Bertz CT molecular complexity index is 464. The predicted molar refractivity (Wildman–Crippen MR) is 62.1 cm³/mol. The van der Waals surface area contributed by atoms with Crippen LogP contribution in [0.1, 0.15) is 27.8 Å². The van der Waals surface area contributed by atoms with Gasteiger partial charge in [-0.2, -0.15) is 4.37 Å². The zero-order chi connectivity index (χ0) is 10.8. The van der Waals surface area contributed by atoms with E-state index in [1.54, 1.807) is 0 Å². The molecule has 3 heteroatoms. The molecule has 1 N–H and O–H groups in total. The maximum atomic E-state index is 10.1. The molecule has 0 aliphatic heterocycles. The van der Waals surface area contributed by atoms with Gasteiger partial charge in [0.25, 0.3) is 0 Å². The van der Waals surface area contributed by atoms with Crippen LogP contribution in [0, 0.1) is 13.8 Å². The van der Waals surface area contributed by atoms with Gasteiger partial charge in [-0.3, -0.25) is 0 Å². The first-order valence-corrected chi connectivity index (χ1v) is 5.62. The van der Waals surface area contributed by atoms with Gasteiger partial charge in [-0.05, 0) is 37.0 Å². The first kappa shape index (κ1) is 10.3. The molecule has 0 aliphatic carbocycles. The van der Waals surface area contributed by atoms with Crippen molar-refractivity contribution in [3.63, 3.8) is 0 Å². The highest BCUT2D eigenvalue weighted by atomic mass is 32.1. The standard InChI is InChI=1S/C12H13NOS/c1-8-4-3-5-10(6-8)12(14)11-7-9(2)13-15-11/h3-7,12,14H,1-2H3. The van der Waals surface area contributed by atoms with E-state index in [1.807, 2.05) is 44.2 Å². The third kappa shape index (κ3) is 2.25. The van der Waals surface area contributed by atoms with Crippen molar-refractivity contribution in [3.8, 4) is 0 Å². The summed E-state index contributed by atoms with van der Waals surface area (Å²) in [6.07, 6.45) is -0.545. The number of benzene rings is 1. The van der Waals surface area contributed by atoms with Gasteiger partial charge in [0.05, 0.1) is 10.6 Å². The zero-order valence-corrected chi connectivity index (χ0v) is 9.58. The molecule has 0 fully saturated rings. The lowest BCUT2D eigenvalue weighted by Crippen LogP contribution is -1.96. The molecule has 2 nitrogen and oxygen atoms in total. The van der Waals surface area contributed by atoms with Crippen LogP contribution in [0.2, 0.25) is 0 Å². The maximum Gasteiger partial charge on any atom is 0.115 e. The summed E-state index contributed by atoms with van der Waals surface area (Å²) < 4.78 is 4.17. The zero-order valence-electron chi connectivity index (χ0n) is 8.77. The van der Waals surface area contributed by atoms with Crippen LogP contribution in [0.15, 0.2) is 30.3 Å². The van der Waals surface area contributed by atoms with Crippen molar-refractivity contribution in [3.05, 3.63) is 52.0 Å². The summed E-state index contributed by atoms with van der Waals surface area (Å²) in [5, 5.41) is 10.1. The number of hydrogen-bond acceptors (Lipinski definition) is 3. The van der Waals surface area contributed by atoms with Crippen molar-refractivity contribution >= 4 is 11.5 Å². The van der Waals surface area contributed by atoms with Crippen molar-refractivity contribution in [2.45, 2.75) is 20.0 Å². The molecule has 0 bridgehead atoms. The minimum atomic E-state index is -0.545. The van der Waals surface area contributed by atoms with Crippen LogP contribution in [-0.4, -0.2) is 9.48 Å². The summed E-state index contributed by atoms with van der Waals surface area (Å²) in [4.78, 5) is 0.901. The van der Waals surface area contributed by atoms with Gasteiger partial charge in [0, 0.05) is 0 Å². The van der Waals surface area contributed by atoms with Gasteiger partial charge in [-0.1, -0.05) is 29.8 Å². The summed E-state index contributed by atoms with van der Waals surface area (Å²) >= 11 is 1.36. The summed E-state index contributed by atoms with van der Waals surface area (Å²) in [5.41, 5.74) is 3.05. The number of aromatic nitrogens is 1. The highest BCUT2D eigenvalue weighted by molar-refractivity contribution is 7.05. The molecule has 0 radical (unpaired) electrons. The van der Waals surface area contributed by atoms with E-state index in [1.165, 1.54) is 11.5 Å². The van der Waals surface area contributed by atoms with Crippen LogP contribution in [0.3, 0.4) is 0 Å². The molecule has 0 amide bonds. The molecule has 0 aliphatic rings. The average Bonchev–Trinajstić information content (AvgIpc) is 2.64. The van der Waals surface area contributed by atoms with Crippen molar-refractivity contribution in [2.24, 2.45) is 0 Å². The Balaban J connectivity index is 2.32. The molecule has 2 rings (SSSR count). The van der Waals surface area contributed by atoms with E-state index in [0.717, 1.165) is 21.7 Å². The van der Waals surface area contributed by atoms with Gasteiger partial charge in [-0.15, -0.1) is 0 Å². The van der Waals surface area contributed by atoms with Crippen LogP contribution in [0.5, 0.6) is 0 Å². The van der Waals surface area contributed by atoms with Crippen molar-refractivity contribution in [2.75, 3.05) is 0 Å². The van der Waals surface area contributed by atoms with Gasteiger partial charge < -0.3 is 5.11 Å². The summed E-state index contributed by atoms with van der Waals surface area (Å²) in [6.45, 7) is 3.96. The quantitative estimate of drug-likeness (QED) is 0.842. The fourth-order valence-electron chi connectivity index (χ4n) is 1.52. The van der Waals surface area contributed by atoms with Crippen molar-refractivity contribution in [1.82, 2.24) is 4.37 Å². The Hall–Kier alpha value is -1.19. The third-order valence-corrected chi connectivity index (χ3v) is 3.20. The number of rotatable bonds is 2. The molecule has 2 aromatic rings. The largest absolute Gasteiger partial charge is 0.383 e. The van der Waals surface area contributed by atoms with E-state index in [4.69, 9.17) is 0 Å². The molecular weight excluding hydrogens is 206 g/mol. The molecule has 1 heterocycles. The number of nitrogens with zero attached hydrogens (tertiary/aromatic N) is 1. The monoisotopic (exact) mass is 219 g/mol. The predicted octanol–water partition coefficient (Wildman–Crippen LogP) is 2.84. The molecule has 15 heavy (non-hydrogen) atoms. The molecule has 0 saturated heterocycles. The van der Waals surface area contributed by atoms with Gasteiger partial charge in [0.2, 0.25) is 0 Å². The Morgan fingerprint density at radius 1 is 1.27 bits per heavy atom. The highest BCUT2D eigenvalue weighted by Gasteiger charge is 2.12. The van der Waals surface area contributed by atoms with E-state index >= 15 is 0 Å². The average molecular weight is 219 g/mol. The number of aryl methyl sites for hydroxylation is 2. The Morgan fingerprint density at radius 2 is 2.07 bits per heavy atom. The first-order valence-electron chi connectivity index (χ1n) is 4.84. The molecule has 1 unspecified atom stereocenters. The minimum absolute atomic E-state index is 0.545. The molecule has 1 aromatic carbocycles. The van der Waals surface area contributed by atoms with Gasteiger partial charge in [0.15, 0.2) is 0 Å². The topological polar surface area (TPSA) is 33.1 Å². The van der Waals surface area contributed by atoms with Crippen LogP contribution < -0.4 is 0 Å². The molecule has 1 atom stereocenters. The number of aliphatic hydroxyl groups excluding tert-OH is 1. The molecule has 1 aromatic heterocycles. The van der Waals surface area contributed by atoms with Crippen LogP contribution >= 0.6 is 11.5 Å². The summed E-state index contributed by atoms with van der Waals surface area (Å²) in [5.74, 6) is 0. The summed E-state index contributed by atoms with van der Waals surface area (Å²) in [7, 11) is 0. The second-order valence-electron chi connectivity index (χ2n) is 3.69. The lowest BCUT2D eigenvalue weighted by Gasteiger charge is -2.08. The molecule has 0 spiro atoms. The van der Waals surface area contributed by atoms with E-state index < -0.39 is 6.10 Å². The van der Waals surface area contributed by atoms with Gasteiger partial charge in [0.1, 0.15) is 6.10 Å². The first-order chi connectivity index (χ1) is 7.16. The fourth-order valence-corrected chi connectivity index (χ4v) is 2.28. The number of aliphatic hydroxyl groups is 1. The Morgan fingerprint density at radius 3 is 2.67 bits per heavy atom. The Kier molecular flexibility index (Phi) is 2.84. The van der Waals surface area contributed by atoms with Crippen LogP contribution in [0.25, 0.3) is 0 Å². The maximum absolute atomic E-state index is 10.1. The Labute approximate surface area is 93.4 Å². The molecule has 0 saturated carbocycles. The van der Waals surface area contributed by atoms with Gasteiger partial charge >= 0.3 is 0 Å².